The highest BCUT2D eigenvalue weighted by Crippen LogP contribution is 2.32. The van der Waals surface area contributed by atoms with E-state index in [-0.39, 0.29) is 5.56 Å². The first-order chi connectivity index (χ1) is 16.6. The van der Waals surface area contributed by atoms with Crippen molar-refractivity contribution in [1.29, 1.82) is 0 Å². The molecule has 4 aromatic rings. The van der Waals surface area contributed by atoms with E-state index in [4.69, 9.17) is 9.15 Å². The predicted octanol–water partition coefficient (Wildman–Crippen LogP) is 4.34. The van der Waals surface area contributed by atoms with Gasteiger partial charge in [0.1, 0.15) is 5.75 Å². The number of methoxy groups -OCH3 is 1. The largest absolute Gasteiger partial charge is 0.496 e. The second-order valence-corrected chi connectivity index (χ2v) is 9.69. The molecule has 2 aromatic heterocycles. The number of rotatable bonds is 7. The zero-order valence-corrected chi connectivity index (χ0v) is 20.1. The Morgan fingerprint density at radius 1 is 1.11 bits per heavy atom. The van der Waals surface area contributed by atoms with Crippen LogP contribution >= 0.6 is 11.3 Å². The molecule has 9 nitrogen and oxygen atoms in total. The Balaban J connectivity index is 1.41. The summed E-state index contributed by atoms with van der Waals surface area (Å²) in [6.45, 7) is 3.64. The highest BCUT2D eigenvalue weighted by Gasteiger charge is 2.26. The first-order valence-corrected chi connectivity index (χ1v) is 11.4. The number of ether oxygens (including phenoxy) is 1. The molecule has 0 fully saturated rings. The number of aromatic nitrogens is 1. The number of amides is 2. The Labute approximate surface area is 204 Å². The maximum atomic E-state index is 12.6. The van der Waals surface area contributed by atoms with Gasteiger partial charge >= 0.3 is 17.8 Å². The van der Waals surface area contributed by atoms with Gasteiger partial charge in [0.15, 0.2) is 12.2 Å². The van der Waals surface area contributed by atoms with Crippen LogP contribution in [0.1, 0.15) is 29.1 Å². The van der Waals surface area contributed by atoms with Gasteiger partial charge in [-0.25, -0.2) is 9.78 Å². The lowest BCUT2D eigenvalue weighted by Gasteiger charge is -2.25. The van der Waals surface area contributed by atoms with Crippen molar-refractivity contribution < 1.29 is 28.6 Å². The van der Waals surface area contributed by atoms with Crippen molar-refractivity contribution in [3.8, 4) is 17.1 Å². The summed E-state index contributed by atoms with van der Waals surface area (Å²) < 4.78 is 11.6. The van der Waals surface area contributed by atoms with Gasteiger partial charge in [0, 0.05) is 33.3 Å². The lowest BCUT2D eigenvalue weighted by molar-refractivity contribution is -0.137. The van der Waals surface area contributed by atoms with E-state index in [1.807, 2.05) is 19.9 Å². The number of carboxylic acids is 1. The van der Waals surface area contributed by atoms with Crippen LogP contribution < -0.4 is 15.4 Å². The molecule has 2 heterocycles. The molecule has 0 unspecified atom stereocenters. The number of carbonyl (C=O) groups excluding carboxylic acids is 2. The molecular formula is C25H23N3O6S. The number of carbonyl (C=O) groups is 3. The Kier molecular flexibility index (Phi) is 6.57. The van der Waals surface area contributed by atoms with Crippen LogP contribution in [0.5, 0.6) is 5.75 Å². The van der Waals surface area contributed by atoms with Crippen molar-refractivity contribution in [2.24, 2.45) is 0 Å². The molecule has 0 saturated carbocycles. The summed E-state index contributed by atoms with van der Waals surface area (Å²) in [6, 6.07) is 11.8. The van der Waals surface area contributed by atoms with Gasteiger partial charge in [-0.05, 0) is 55.6 Å². The molecule has 0 bridgehead atoms. The van der Waals surface area contributed by atoms with Crippen LogP contribution in [0, 0.1) is 0 Å². The monoisotopic (exact) mass is 493 g/mol. The molecule has 0 atom stereocenters. The van der Waals surface area contributed by atoms with Crippen molar-refractivity contribution in [1.82, 2.24) is 10.3 Å². The standard InChI is InChI=1S/C25H23N3O6S/c1-25(2,11-17-9-15-8-14(24(31)32)4-7-21(15)35-17)28-23(30)22(29)27-16-5-6-18(19(10-16)33-3)20-12-26-13-34-20/h4-10,12-13H,11H2,1-3H3,(H,27,29)(H,28,30)(H,31,32). The van der Waals surface area contributed by atoms with Crippen LogP contribution in [-0.2, 0) is 16.0 Å². The molecule has 0 radical (unpaired) electrons. The van der Waals surface area contributed by atoms with Crippen LogP contribution in [-0.4, -0.2) is 40.5 Å². The van der Waals surface area contributed by atoms with Crippen molar-refractivity contribution in [3.05, 3.63) is 65.5 Å². The smallest absolute Gasteiger partial charge is 0.335 e. The van der Waals surface area contributed by atoms with Crippen molar-refractivity contribution in [3.63, 3.8) is 0 Å². The number of carboxylic acid groups (broad SMARTS) is 1. The van der Waals surface area contributed by atoms with Gasteiger partial charge in [-0.1, -0.05) is 0 Å². The quantitative estimate of drug-likeness (QED) is 0.326. The molecule has 0 aliphatic heterocycles. The number of hydrogen-bond donors (Lipinski definition) is 3. The van der Waals surface area contributed by atoms with Crippen LogP contribution in [0.4, 0.5) is 5.69 Å². The molecule has 0 aliphatic rings. The second kappa shape index (κ2) is 9.59. The van der Waals surface area contributed by atoms with Crippen molar-refractivity contribution in [2.45, 2.75) is 25.8 Å². The van der Waals surface area contributed by atoms with E-state index >= 15 is 0 Å². The third-order valence-corrected chi connectivity index (χ3v) is 6.36. The summed E-state index contributed by atoms with van der Waals surface area (Å²) in [4.78, 5) is 41.2. The van der Waals surface area contributed by atoms with E-state index in [9.17, 15) is 19.5 Å². The molecule has 3 N–H and O–H groups in total. The van der Waals surface area contributed by atoms with E-state index in [0.29, 0.717) is 29.2 Å². The molecule has 4 rings (SSSR count). The molecule has 180 valence electrons. The van der Waals surface area contributed by atoms with Crippen LogP contribution in [0.25, 0.3) is 21.4 Å². The molecule has 10 heteroatoms. The van der Waals surface area contributed by atoms with Gasteiger partial charge in [-0.15, -0.1) is 11.3 Å². The summed E-state index contributed by atoms with van der Waals surface area (Å²) in [7, 11) is 1.49. The number of thiophene rings is 1. The fourth-order valence-corrected chi connectivity index (χ4v) is 4.94. The number of hydrogen-bond acceptors (Lipinski definition) is 7. The zero-order valence-electron chi connectivity index (χ0n) is 19.2. The minimum Gasteiger partial charge on any atom is -0.496 e. The third-order valence-electron chi connectivity index (χ3n) is 5.25. The van der Waals surface area contributed by atoms with Crippen LogP contribution in [0.15, 0.2) is 59.5 Å². The number of aromatic carboxylic acids is 1. The fraction of sp³-hybridized carbons (Fsp3) is 0.200. The minimum atomic E-state index is -0.983. The van der Waals surface area contributed by atoms with Gasteiger partial charge < -0.3 is 24.9 Å². The number of nitrogens with zero attached hydrogens (tertiary/aromatic N) is 1. The fourth-order valence-electron chi connectivity index (χ4n) is 3.67. The summed E-state index contributed by atoms with van der Waals surface area (Å²) in [5, 5.41) is 15.4. The first-order valence-electron chi connectivity index (χ1n) is 10.6. The average molecular weight is 494 g/mol. The van der Waals surface area contributed by atoms with Crippen LogP contribution in [0.3, 0.4) is 0 Å². The lowest BCUT2D eigenvalue weighted by Crippen LogP contribution is -2.49. The lowest BCUT2D eigenvalue weighted by atomic mass is 9.99. The first kappa shape index (κ1) is 24.0. The topological polar surface area (TPSA) is 131 Å². The van der Waals surface area contributed by atoms with E-state index in [0.717, 1.165) is 15.0 Å². The molecule has 35 heavy (non-hydrogen) atoms. The highest BCUT2D eigenvalue weighted by molar-refractivity contribution is 7.19. The number of benzene rings is 2. The Morgan fingerprint density at radius 3 is 2.60 bits per heavy atom. The molecular weight excluding hydrogens is 470 g/mol. The number of anilines is 1. The maximum Gasteiger partial charge on any atom is 0.335 e. The Morgan fingerprint density at radius 2 is 1.91 bits per heavy atom. The summed E-state index contributed by atoms with van der Waals surface area (Å²) >= 11 is 1.52. The van der Waals surface area contributed by atoms with E-state index < -0.39 is 23.3 Å². The van der Waals surface area contributed by atoms with Crippen molar-refractivity contribution in [2.75, 3.05) is 12.4 Å². The van der Waals surface area contributed by atoms with Gasteiger partial charge in [0.2, 0.25) is 0 Å². The van der Waals surface area contributed by atoms with E-state index in [1.54, 1.807) is 42.6 Å². The molecule has 0 spiro atoms. The summed E-state index contributed by atoms with van der Waals surface area (Å²) in [6.07, 6.45) is 3.32. The normalized spacial score (nSPS) is 11.3. The van der Waals surface area contributed by atoms with Gasteiger partial charge in [0.25, 0.3) is 0 Å². The van der Waals surface area contributed by atoms with Gasteiger partial charge in [-0.3, -0.25) is 9.59 Å². The summed E-state index contributed by atoms with van der Waals surface area (Å²) in [5.74, 6) is -1.60. The highest BCUT2D eigenvalue weighted by atomic mass is 32.1. The zero-order chi connectivity index (χ0) is 25.2. The van der Waals surface area contributed by atoms with E-state index in [2.05, 4.69) is 15.6 Å². The molecule has 0 saturated heterocycles. The maximum absolute atomic E-state index is 12.6. The average Bonchev–Trinajstić information content (AvgIpc) is 3.47. The minimum absolute atomic E-state index is 0.219. The molecule has 2 aromatic carbocycles. The Hall–Kier alpha value is -4.18. The van der Waals surface area contributed by atoms with Crippen molar-refractivity contribution >= 4 is 44.9 Å². The summed E-state index contributed by atoms with van der Waals surface area (Å²) in [5.41, 5.74) is 0.546. The molecule has 0 aliphatic carbocycles. The number of oxazole rings is 1. The van der Waals surface area contributed by atoms with Gasteiger partial charge in [0.05, 0.1) is 24.4 Å². The van der Waals surface area contributed by atoms with Gasteiger partial charge in [-0.2, -0.15) is 0 Å². The molecule has 2 amide bonds. The SMILES string of the molecule is COc1cc(NC(=O)C(=O)NC(C)(C)Cc2cc3cc(C(=O)O)ccc3s2)ccc1-c1cnco1. The van der Waals surface area contributed by atoms with Crippen LogP contribution in [0.2, 0.25) is 0 Å². The number of nitrogens with one attached hydrogen (secondary N) is 2. The second-order valence-electron chi connectivity index (χ2n) is 8.52. The Bertz CT molecular complexity index is 1410. The van der Waals surface area contributed by atoms with E-state index in [1.165, 1.54) is 24.8 Å². The number of fused-ring (bicyclic) bond motifs is 1. The predicted molar refractivity (Wildman–Crippen MR) is 132 cm³/mol. The third kappa shape index (κ3) is 5.49.